The number of nitrogens with one attached hydrogen (secondary N) is 3. The van der Waals surface area contributed by atoms with Crippen LogP contribution in [0.4, 0.5) is 45.0 Å². The second-order valence-electron chi connectivity index (χ2n) is 9.47. The minimum Gasteiger partial charge on any atom is -0.494 e. The number of halogens is 1. The predicted molar refractivity (Wildman–Crippen MR) is 157 cm³/mol. The number of hydrogen-bond acceptors (Lipinski definition) is 10. The number of ether oxygens (including phenoxy) is 3. The second-order valence-corrected chi connectivity index (χ2v) is 9.87. The Bertz CT molecular complexity index is 1310. The van der Waals surface area contributed by atoms with E-state index >= 15 is 0 Å². The Labute approximate surface area is 234 Å². The zero-order valence-electron chi connectivity index (χ0n) is 23.3. The first-order valence-corrected chi connectivity index (χ1v) is 12.8. The van der Waals surface area contributed by atoms with Gasteiger partial charge in [-0.2, -0.15) is 4.98 Å². The lowest BCUT2D eigenvalue weighted by atomic mass is 10.2. The molecule has 0 spiro atoms. The van der Waals surface area contributed by atoms with Crippen LogP contribution in [0.3, 0.4) is 0 Å². The van der Waals surface area contributed by atoms with Crippen LogP contribution < -0.4 is 36.1 Å². The van der Waals surface area contributed by atoms with E-state index < -0.39 is 11.7 Å². The van der Waals surface area contributed by atoms with Crippen molar-refractivity contribution in [1.29, 1.82) is 0 Å². The Kier molecular flexibility index (Phi) is 9.52. The van der Waals surface area contributed by atoms with Crippen molar-refractivity contribution in [3.8, 4) is 11.5 Å². The van der Waals surface area contributed by atoms with Gasteiger partial charge in [-0.15, -0.1) is 0 Å². The highest BCUT2D eigenvalue weighted by molar-refractivity contribution is 6.33. The third kappa shape index (κ3) is 7.70. The van der Waals surface area contributed by atoms with E-state index in [-0.39, 0.29) is 5.95 Å². The molecule has 11 nitrogen and oxygen atoms in total. The van der Waals surface area contributed by atoms with Crippen molar-refractivity contribution >= 4 is 57.9 Å². The number of benzene rings is 2. The minimum absolute atomic E-state index is 0.275. The molecule has 0 aliphatic heterocycles. The van der Waals surface area contributed by atoms with Gasteiger partial charge in [0.2, 0.25) is 5.95 Å². The highest BCUT2D eigenvalue weighted by Crippen LogP contribution is 2.37. The summed E-state index contributed by atoms with van der Waals surface area (Å²) in [6.07, 6.45) is 0.908. The number of nitrogen functional groups attached to an aromatic ring is 1. The average Bonchev–Trinajstić information content (AvgIpc) is 2.87. The molecule has 0 atom stereocenters. The van der Waals surface area contributed by atoms with E-state index in [1.807, 2.05) is 6.07 Å². The van der Waals surface area contributed by atoms with Gasteiger partial charge in [0.15, 0.2) is 5.82 Å². The molecule has 0 fully saturated rings. The van der Waals surface area contributed by atoms with Gasteiger partial charge in [-0.3, -0.25) is 5.32 Å². The lowest BCUT2D eigenvalue weighted by Crippen LogP contribution is -2.27. The summed E-state index contributed by atoms with van der Waals surface area (Å²) in [5.74, 6) is 1.66. The summed E-state index contributed by atoms with van der Waals surface area (Å²) in [5.41, 5.74) is 8.90. The molecule has 1 aromatic heterocycles. The van der Waals surface area contributed by atoms with Crippen LogP contribution in [0.1, 0.15) is 34.6 Å². The van der Waals surface area contributed by atoms with E-state index in [9.17, 15) is 4.79 Å². The van der Waals surface area contributed by atoms with Crippen molar-refractivity contribution in [2.75, 3.05) is 53.9 Å². The molecule has 210 valence electrons. The molecule has 1 amide bonds. The van der Waals surface area contributed by atoms with Gasteiger partial charge >= 0.3 is 6.09 Å². The molecule has 0 bridgehead atoms. The fourth-order valence-electron chi connectivity index (χ4n) is 3.75. The summed E-state index contributed by atoms with van der Waals surface area (Å²) in [5, 5.41) is 9.31. The van der Waals surface area contributed by atoms with Crippen LogP contribution in [0.2, 0.25) is 5.02 Å². The molecule has 0 aliphatic rings. The minimum atomic E-state index is -0.617. The third-order valence-electron chi connectivity index (χ3n) is 5.54. The summed E-state index contributed by atoms with van der Waals surface area (Å²) >= 11 is 6.40. The molecular formula is C27H36ClN7O4. The average molecular weight is 558 g/mol. The summed E-state index contributed by atoms with van der Waals surface area (Å²) in [6, 6.07) is 8.76. The highest BCUT2D eigenvalue weighted by atomic mass is 35.5. The van der Waals surface area contributed by atoms with Crippen molar-refractivity contribution in [1.82, 2.24) is 9.97 Å². The topological polar surface area (TPSA) is 136 Å². The predicted octanol–water partition coefficient (Wildman–Crippen LogP) is 6.41. The van der Waals surface area contributed by atoms with E-state index in [2.05, 4.69) is 44.7 Å². The number of carbonyl (C=O) groups is 1. The number of aromatic nitrogens is 2. The normalized spacial score (nSPS) is 11.0. The van der Waals surface area contributed by atoms with Crippen molar-refractivity contribution in [3.63, 3.8) is 0 Å². The van der Waals surface area contributed by atoms with Crippen molar-refractivity contribution in [3.05, 3.63) is 41.6 Å². The Morgan fingerprint density at radius 2 is 1.69 bits per heavy atom. The van der Waals surface area contributed by atoms with Gasteiger partial charge in [-0.25, -0.2) is 9.78 Å². The maximum Gasteiger partial charge on any atom is 0.412 e. The fourth-order valence-corrected chi connectivity index (χ4v) is 3.89. The van der Waals surface area contributed by atoms with Crippen molar-refractivity contribution in [2.24, 2.45) is 0 Å². The largest absolute Gasteiger partial charge is 0.494 e. The quantitative estimate of drug-likeness (QED) is 0.207. The van der Waals surface area contributed by atoms with Crippen molar-refractivity contribution < 1.29 is 19.0 Å². The Hall–Kier alpha value is -4.12. The molecule has 12 heteroatoms. The molecule has 39 heavy (non-hydrogen) atoms. The molecule has 2 aromatic carbocycles. The highest BCUT2D eigenvalue weighted by Gasteiger charge is 2.18. The van der Waals surface area contributed by atoms with E-state index in [0.717, 1.165) is 18.8 Å². The Morgan fingerprint density at radius 1 is 1.03 bits per heavy atom. The molecule has 5 N–H and O–H groups in total. The summed E-state index contributed by atoms with van der Waals surface area (Å²) < 4.78 is 16.4. The second kappa shape index (κ2) is 12.6. The standard InChI is InChI=1S/C27H36ClN7O4/c1-8-35(9-2)21-14-23(38-7)20(13-18(21)29)33-25-30-15-17(28)24(34-25)32-19-11-10-16(12-22(19)37-6)31-26(36)39-27(3,4)5/h10-15H,8-9,29H2,1-7H3,(H,31,36)(H2,30,32,33,34). The number of anilines is 7. The van der Waals surface area contributed by atoms with Crippen LogP contribution in [0.25, 0.3) is 0 Å². The van der Waals surface area contributed by atoms with Gasteiger partial charge < -0.3 is 35.5 Å². The van der Waals surface area contributed by atoms with Crippen LogP contribution in [0.5, 0.6) is 11.5 Å². The number of nitrogens with two attached hydrogens (primary N) is 1. The SMILES string of the molecule is CCN(CC)c1cc(OC)c(Nc2ncc(Cl)c(Nc3ccc(NC(=O)OC(C)(C)C)cc3OC)n2)cc1N. The van der Waals surface area contributed by atoms with E-state index in [4.69, 9.17) is 31.5 Å². The summed E-state index contributed by atoms with van der Waals surface area (Å²) in [4.78, 5) is 23.1. The molecule has 3 rings (SSSR count). The van der Waals surface area contributed by atoms with E-state index in [1.54, 1.807) is 52.1 Å². The maximum absolute atomic E-state index is 12.1. The fraction of sp³-hybridized carbons (Fsp3) is 0.370. The first-order chi connectivity index (χ1) is 18.5. The van der Waals surface area contributed by atoms with Crippen LogP contribution in [-0.2, 0) is 4.74 Å². The lowest BCUT2D eigenvalue weighted by Gasteiger charge is -2.24. The molecule has 3 aromatic rings. The van der Waals surface area contributed by atoms with Crippen LogP contribution in [-0.4, -0.2) is 49.0 Å². The maximum atomic E-state index is 12.1. The van der Waals surface area contributed by atoms with Gasteiger partial charge in [0, 0.05) is 30.9 Å². The lowest BCUT2D eigenvalue weighted by molar-refractivity contribution is 0.0636. The molecule has 0 unspecified atom stereocenters. The Balaban J connectivity index is 1.84. The monoisotopic (exact) mass is 557 g/mol. The molecule has 0 saturated carbocycles. The zero-order chi connectivity index (χ0) is 28.7. The molecule has 0 aliphatic carbocycles. The number of nitrogens with zero attached hydrogens (tertiary/aromatic N) is 3. The third-order valence-corrected chi connectivity index (χ3v) is 5.82. The smallest absolute Gasteiger partial charge is 0.412 e. The zero-order valence-corrected chi connectivity index (χ0v) is 24.1. The summed E-state index contributed by atoms with van der Waals surface area (Å²) in [6.45, 7) is 11.1. The van der Waals surface area contributed by atoms with Gasteiger partial charge in [-0.1, -0.05) is 11.6 Å². The number of rotatable bonds is 10. The van der Waals surface area contributed by atoms with E-state index in [0.29, 0.717) is 45.1 Å². The van der Waals surface area contributed by atoms with E-state index in [1.165, 1.54) is 13.3 Å². The van der Waals surface area contributed by atoms with Gasteiger partial charge in [-0.05, 0) is 52.8 Å². The van der Waals surface area contributed by atoms with Crippen LogP contribution in [0, 0.1) is 0 Å². The number of hydrogen-bond donors (Lipinski definition) is 4. The number of amides is 1. The number of carbonyl (C=O) groups excluding carboxylic acids is 1. The molecule has 0 radical (unpaired) electrons. The van der Waals surface area contributed by atoms with Crippen molar-refractivity contribution in [2.45, 2.75) is 40.2 Å². The molecular weight excluding hydrogens is 522 g/mol. The van der Waals surface area contributed by atoms with Crippen LogP contribution in [0.15, 0.2) is 36.5 Å². The summed E-state index contributed by atoms with van der Waals surface area (Å²) in [7, 11) is 3.11. The molecule has 0 saturated heterocycles. The first-order valence-electron chi connectivity index (χ1n) is 12.4. The van der Waals surface area contributed by atoms with Gasteiger partial charge in [0.05, 0.1) is 43.2 Å². The van der Waals surface area contributed by atoms with Gasteiger partial charge in [0.1, 0.15) is 22.1 Å². The molecule has 1 heterocycles. The van der Waals surface area contributed by atoms with Crippen LogP contribution >= 0.6 is 11.6 Å². The first kappa shape index (κ1) is 29.4. The Morgan fingerprint density at radius 3 is 2.31 bits per heavy atom. The number of methoxy groups -OCH3 is 2. The van der Waals surface area contributed by atoms with Gasteiger partial charge in [0.25, 0.3) is 0 Å².